The standard InChI is InChI=1S/C15H21F2NO2/c1-2-11(18)7-10-8-13(16)15(14(17)9-10)20-12-3-5-19-6-4-12/h8-9,11-12H,2-7,18H2,1H3. The number of hydrogen-bond donors (Lipinski definition) is 1. The molecule has 20 heavy (non-hydrogen) atoms. The smallest absolute Gasteiger partial charge is 0.191 e. The summed E-state index contributed by atoms with van der Waals surface area (Å²) in [6, 6.07) is 2.54. The highest BCUT2D eigenvalue weighted by molar-refractivity contribution is 5.32. The van der Waals surface area contributed by atoms with Crippen LogP contribution in [0, 0.1) is 11.6 Å². The van der Waals surface area contributed by atoms with Crippen molar-refractivity contribution in [1.82, 2.24) is 0 Å². The molecule has 1 unspecified atom stereocenters. The lowest BCUT2D eigenvalue weighted by Gasteiger charge is -2.24. The van der Waals surface area contributed by atoms with Crippen molar-refractivity contribution in [3.05, 3.63) is 29.3 Å². The number of ether oxygens (including phenoxy) is 2. The lowest BCUT2D eigenvalue weighted by molar-refractivity contribution is 0.0223. The van der Waals surface area contributed by atoms with Crippen LogP contribution < -0.4 is 10.5 Å². The van der Waals surface area contributed by atoms with Crippen LogP contribution in [0.15, 0.2) is 12.1 Å². The lowest BCUT2D eigenvalue weighted by Crippen LogP contribution is -2.26. The van der Waals surface area contributed by atoms with Crippen molar-refractivity contribution in [2.24, 2.45) is 5.73 Å². The third-order valence-electron chi connectivity index (χ3n) is 3.53. The van der Waals surface area contributed by atoms with Crippen molar-refractivity contribution in [3.8, 4) is 5.75 Å². The van der Waals surface area contributed by atoms with Gasteiger partial charge in [0.05, 0.1) is 13.2 Å². The van der Waals surface area contributed by atoms with Crippen LogP contribution in [0.2, 0.25) is 0 Å². The van der Waals surface area contributed by atoms with Crippen molar-refractivity contribution < 1.29 is 18.3 Å². The second-order valence-corrected chi connectivity index (χ2v) is 5.19. The van der Waals surface area contributed by atoms with E-state index in [1.807, 2.05) is 6.92 Å². The quantitative estimate of drug-likeness (QED) is 0.904. The fraction of sp³-hybridized carbons (Fsp3) is 0.600. The SMILES string of the molecule is CCC(N)Cc1cc(F)c(OC2CCOCC2)c(F)c1. The summed E-state index contributed by atoms with van der Waals surface area (Å²) < 4.78 is 38.6. The first-order valence-electron chi connectivity index (χ1n) is 7.08. The Morgan fingerprint density at radius 3 is 2.45 bits per heavy atom. The Labute approximate surface area is 118 Å². The third-order valence-corrected chi connectivity index (χ3v) is 3.53. The Bertz CT molecular complexity index is 424. The van der Waals surface area contributed by atoms with Crippen LogP contribution in [-0.2, 0) is 11.2 Å². The molecular weight excluding hydrogens is 264 g/mol. The van der Waals surface area contributed by atoms with Crippen LogP contribution in [0.25, 0.3) is 0 Å². The Kier molecular flexibility index (Phi) is 5.31. The fourth-order valence-electron chi connectivity index (χ4n) is 2.25. The van der Waals surface area contributed by atoms with Gasteiger partial charge in [0.2, 0.25) is 0 Å². The third kappa shape index (κ3) is 3.90. The van der Waals surface area contributed by atoms with Crippen LogP contribution in [0.4, 0.5) is 8.78 Å². The van der Waals surface area contributed by atoms with Gasteiger partial charge in [0.25, 0.3) is 0 Å². The largest absolute Gasteiger partial charge is 0.484 e. The van der Waals surface area contributed by atoms with Crippen LogP contribution >= 0.6 is 0 Å². The van der Waals surface area contributed by atoms with Gasteiger partial charge in [-0.3, -0.25) is 0 Å². The van der Waals surface area contributed by atoms with E-state index in [0.717, 1.165) is 6.42 Å². The molecule has 0 radical (unpaired) electrons. The van der Waals surface area contributed by atoms with Crippen molar-refractivity contribution in [3.63, 3.8) is 0 Å². The number of nitrogens with two attached hydrogens (primary N) is 1. The molecule has 112 valence electrons. The van der Waals surface area contributed by atoms with E-state index in [2.05, 4.69) is 0 Å². The maximum Gasteiger partial charge on any atom is 0.191 e. The maximum absolute atomic E-state index is 14.0. The van der Waals surface area contributed by atoms with Gasteiger partial charge in [0.1, 0.15) is 6.10 Å². The van der Waals surface area contributed by atoms with E-state index < -0.39 is 11.6 Å². The van der Waals surface area contributed by atoms with Gasteiger partial charge in [-0.15, -0.1) is 0 Å². The first-order valence-corrected chi connectivity index (χ1v) is 7.08. The van der Waals surface area contributed by atoms with Crippen molar-refractivity contribution in [1.29, 1.82) is 0 Å². The average Bonchev–Trinajstić information content (AvgIpc) is 2.44. The summed E-state index contributed by atoms with van der Waals surface area (Å²) in [6.45, 7) is 3.08. The van der Waals surface area contributed by atoms with Gasteiger partial charge in [-0.2, -0.15) is 0 Å². The molecule has 1 atom stereocenters. The molecule has 0 aliphatic carbocycles. The van der Waals surface area contributed by atoms with Gasteiger partial charge in [-0.25, -0.2) is 8.78 Å². The second-order valence-electron chi connectivity index (χ2n) is 5.19. The Morgan fingerprint density at radius 1 is 1.30 bits per heavy atom. The predicted molar refractivity (Wildman–Crippen MR) is 72.8 cm³/mol. The van der Waals surface area contributed by atoms with E-state index in [1.54, 1.807) is 0 Å². The molecule has 0 amide bonds. The number of halogens is 2. The van der Waals surface area contributed by atoms with Gasteiger partial charge in [-0.1, -0.05) is 6.92 Å². The summed E-state index contributed by atoms with van der Waals surface area (Å²) in [5.41, 5.74) is 6.37. The van der Waals surface area contributed by atoms with Crippen molar-refractivity contribution >= 4 is 0 Å². The zero-order valence-corrected chi connectivity index (χ0v) is 11.7. The summed E-state index contributed by atoms with van der Waals surface area (Å²) in [5.74, 6) is -1.60. The van der Waals surface area contributed by atoms with Crippen molar-refractivity contribution in [2.75, 3.05) is 13.2 Å². The van der Waals surface area contributed by atoms with Gasteiger partial charge in [-0.05, 0) is 30.5 Å². The molecule has 1 fully saturated rings. The van der Waals surface area contributed by atoms with E-state index >= 15 is 0 Å². The average molecular weight is 285 g/mol. The Balaban J connectivity index is 2.09. The minimum atomic E-state index is -0.658. The number of benzene rings is 1. The molecule has 0 aromatic heterocycles. The molecule has 0 spiro atoms. The molecule has 2 rings (SSSR count). The van der Waals surface area contributed by atoms with Gasteiger partial charge in [0.15, 0.2) is 17.4 Å². The molecule has 1 heterocycles. The summed E-state index contributed by atoms with van der Waals surface area (Å²) in [6.07, 6.45) is 2.35. The zero-order chi connectivity index (χ0) is 14.5. The molecule has 1 saturated heterocycles. The van der Waals surface area contributed by atoms with Crippen molar-refractivity contribution in [2.45, 2.75) is 44.8 Å². The normalized spacial score (nSPS) is 18.0. The van der Waals surface area contributed by atoms with Gasteiger partial charge < -0.3 is 15.2 Å². The first kappa shape index (κ1) is 15.2. The monoisotopic (exact) mass is 285 g/mol. The molecule has 1 aromatic carbocycles. The summed E-state index contributed by atoms with van der Waals surface area (Å²) in [4.78, 5) is 0. The summed E-state index contributed by atoms with van der Waals surface area (Å²) >= 11 is 0. The van der Waals surface area contributed by atoms with Crippen LogP contribution in [0.1, 0.15) is 31.7 Å². The van der Waals surface area contributed by atoms with Gasteiger partial charge >= 0.3 is 0 Å². The number of hydrogen-bond acceptors (Lipinski definition) is 3. The first-order chi connectivity index (χ1) is 9.60. The molecule has 1 aromatic rings. The number of rotatable bonds is 5. The molecule has 2 N–H and O–H groups in total. The molecule has 3 nitrogen and oxygen atoms in total. The van der Waals surface area contributed by atoms with Crippen LogP contribution in [0.3, 0.4) is 0 Å². The summed E-state index contributed by atoms with van der Waals surface area (Å²) in [5, 5.41) is 0. The molecule has 5 heteroatoms. The van der Waals surface area contributed by atoms with E-state index in [1.165, 1.54) is 12.1 Å². The minimum absolute atomic E-state index is 0.0870. The molecular formula is C15H21F2NO2. The minimum Gasteiger partial charge on any atom is -0.484 e. The van der Waals surface area contributed by atoms with Crippen LogP contribution in [0.5, 0.6) is 5.75 Å². The topological polar surface area (TPSA) is 44.5 Å². The highest BCUT2D eigenvalue weighted by Gasteiger charge is 2.20. The molecule has 1 aliphatic rings. The van der Waals surface area contributed by atoms with E-state index in [4.69, 9.17) is 15.2 Å². The highest BCUT2D eigenvalue weighted by atomic mass is 19.1. The van der Waals surface area contributed by atoms with Crippen LogP contribution in [-0.4, -0.2) is 25.4 Å². The van der Waals surface area contributed by atoms with Gasteiger partial charge in [0, 0.05) is 18.9 Å². The molecule has 0 bridgehead atoms. The molecule has 1 aliphatic heterocycles. The Hall–Kier alpha value is -1.20. The summed E-state index contributed by atoms with van der Waals surface area (Å²) in [7, 11) is 0. The fourth-order valence-corrected chi connectivity index (χ4v) is 2.25. The van der Waals surface area contributed by atoms with E-state index in [0.29, 0.717) is 38.0 Å². The Morgan fingerprint density at radius 2 is 1.90 bits per heavy atom. The second kappa shape index (κ2) is 6.99. The maximum atomic E-state index is 14.0. The molecule has 0 saturated carbocycles. The van der Waals surface area contributed by atoms with E-state index in [-0.39, 0.29) is 17.9 Å². The predicted octanol–water partition coefficient (Wildman–Crippen LogP) is 2.80. The van der Waals surface area contributed by atoms with E-state index in [9.17, 15) is 8.78 Å². The zero-order valence-electron chi connectivity index (χ0n) is 11.7. The lowest BCUT2D eigenvalue weighted by atomic mass is 10.0. The highest BCUT2D eigenvalue weighted by Crippen LogP contribution is 2.27.